The summed E-state index contributed by atoms with van der Waals surface area (Å²) >= 11 is 5.89. The molecular weight excluding hydrogens is 272 g/mol. The molecule has 3 nitrogen and oxygen atoms in total. The molecule has 0 aromatic heterocycles. The first-order valence-electron chi connectivity index (χ1n) is 6.56. The summed E-state index contributed by atoms with van der Waals surface area (Å²) in [5.41, 5.74) is 9.38. The van der Waals surface area contributed by atoms with E-state index in [4.69, 9.17) is 17.3 Å². The second-order valence-electron chi connectivity index (χ2n) is 5.04. The van der Waals surface area contributed by atoms with Crippen LogP contribution in [0.4, 0.5) is 5.69 Å². The minimum atomic E-state index is -0.172. The average Bonchev–Trinajstić information content (AvgIpc) is 2.42. The lowest BCUT2D eigenvalue weighted by molar-refractivity contribution is 0.0951. The Hall–Kier alpha value is -2.00. The zero-order valence-electron chi connectivity index (χ0n) is 10.9. The van der Waals surface area contributed by atoms with Gasteiger partial charge in [-0.25, -0.2) is 0 Å². The molecule has 0 heterocycles. The van der Waals surface area contributed by atoms with Gasteiger partial charge >= 0.3 is 0 Å². The van der Waals surface area contributed by atoms with Crippen LogP contribution in [0.2, 0.25) is 5.02 Å². The van der Waals surface area contributed by atoms with Crippen LogP contribution in [0.25, 0.3) is 0 Å². The summed E-state index contributed by atoms with van der Waals surface area (Å²) in [4.78, 5) is 12.1. The second-order valence-corrected chi connectivity index (χ2v) is 5.48. The summed E-state index contributed by atoms with van der Waals surface area (Å²) in [6.07, 6.45) is 1.02. The first-order valence-corrected chi connectivity index (χ1v) is 6.94. The van der Waals surface area contributed by atoms with Gasteiger partial charge in [-0.05, 0) is 35.7 Å². The molecule has 3 rings (SSSR count). The Morgan fingerprint density at radius 2 is 2.10 bits per heavy atom. The van der Waals surface area contributed by atoms with Gasteiger partial charge < -0.3 is 11.1 Å². The molecule has 0 bridgehead atoms. The van der Waals surface area contributed by atoms with Gasteiger partial charge in [-0.15, -0.1) is 0 Å². The molecule has 1 atom stereocenters. The number of hydrogen-bond donors (Lipinski definition) is 2. The maximum absolute atomic E-state index is 12.1. The van der Waals surface area contributed by atoms with E-state index >= 15 is 0 Å². The number of hydrogen-bond acceptors (Lipinski definition) is 2. The van der Waals surface area contributed by atoms with Crippen LogP contribution in [0.15, 0.2) is 42.5 Å². The fourth-order valence-corrected chi connectivity index (χ4v) is 2.75. The summed E-state index contributed by atoms with van der Waals surface area (Å²) in [5, 5.41) is 3.44. The topological polar surface area (TPSA) is 55.1 Å². The Kier molecular flexibility index (Phi) is 3.36. The van der Waals surface area contributed by atoms with Crippen LogP contribution in [-0.2, 0) is 6.42 Å². The summed E-state index contributed by atoms with van der Waals surface area (Å²) in [7, 11) is 0. The highest BCUT2D eigenvalue weighted by Crippen LogP contribution is 2.34. The van der Waals surface area contributed by atoms with Crippen LogP contribution in [-0.4, -0.2) is 12.5 Å². The number of rotatable bonds is 3. The van der Waals surface area contributed by atoms with E-state index in [1.54, 1.807) is 18.2 Å². The molecule has 0 radical (unpaired) electrons. The molecule has 1 unspecified atom stereocenters. The molecule has 3 N–H and O–H groups in total. The van der Waals surface area contributed by atoms with Crippen LogP contribution in [0.1, 0.15) is 27.4 Å². The van der Waals surface area contributed by atoms with E-state index in [0.29, 0.717) is 28.7 Å². The van der Waals surface area contributed by atoms with Crippen molar-refractivity contribution in [2.24, 2.45) is 0 Å². The Morgan fingerprint density at radius 3 is 2.90 bits per heavy atom. The van der Waals surface area contributed by atoms with Gasteiger partial charge in [0.15, 0.2) is 0 Å². The lowest BCUT2D eigenvalue weighted by atomic mass is 9.77. The number of nitrogens with two attached hydrogens (primary N) is 1. The Bertz CT molecular complexity index is 669. The van der Waals surface area contributed by atoms with Crippen molar-refractivity contribution in [3.63, 3.8) is 0 Å². The number of carbonyl (C=O) groups excluding carboxylic acids is 1. The molecule has 0 aliphatic heterocycles. The number of nitrogen functional groups attached to an aromatic ring is 1. The van der Waals surface area contributed by atoms with Crippen molar-refractivity contribution in [3.05, 3.63) is 64.2 Å². The van der Waals surface area contributed by atoms with Crippen LogP contribution in [0.5, 0.6) is 0 Å². The predicted octanol–water partition coefficient (Wildman–Crippen LogP) is 2.99. The minimum Gasteiger partial charge on any atom is -0.398 e. The summed E-state index contributed by atoms with van der Waals surface area (Å²) < 4.78 is 0. The summed E-state index contributed by atoms with van der Waals surface area (Å²) in [6, 6.07) is 13.2. The van der Waals surface area contributed by atoms with Gasteiger partial charge in [-0.2, -0.15) is 0 Å². The molecule has 1 aliphatic carbocycles. The highest BCUT2D eigenvalue weighted by Gasteiger charge is 2.25. The lowest BCUT2D eigenvalue weighted by Gasteiger charge is -2.30. The fourth-order valence-electron chi connectivity index (χ4n) is 2.58. The molecule has 1 aliphatic rings. The van der Waals surface area contributed by atoms with Gasteiger partial charge in [0.1, 0.15) is 0 Å². The molecule has 0 saturated heterocycles. The van der Waals surface area contributed by atoms with E-state index in [-0.39, 0.29) is 5.91 Å². The largest absolute Gasteiger partial charge is 0.398 e. The van der Waals surface area contributed by atoms with Crippen molar-refractivity contribution in [2.45, 2.75) is 12.3 Å². The van der Waals surface area contributed by atoms with Gasteiger partial charge in [0, 0.05) is 23.2 Å². The van der Waals surface area contributed by atoms with E-state index in [1.165, 1.54) is 11.1 Å². The fraction of sp³-hybridized carbons (Fsp3) is 0.188. The van der Waals surface area contributed by atoms with E-state index in [9.17, 15) is 4.79 Å². The number of amides is 1. The molecule has 20 heavy (non-hydrogen) atoms. The van der Waals surface area contributed by atoms with E-state index < -0.39 is 0 Å². The maximum Gasteiger partial charge on any atom is 0.253 e. The van der Waals surface area contributed by atoms with Crippen molar-refractivity contribution in [3.8, 4) is 0 Å². The lowest BCUT2D eigenvalue weighted by Crippen LogP contribution is -2.33. The number of fused-ring (bicyclic) bond motifs is 1. The van der Waals surface area contributed by atoms with Crippen LogP contribution in [0.3, 0.4) is 0 Å². The van der Waals surface area contributed by atoms with Crippen molar-refractivity contribution >= 4 is 23.2 Å². The SMILES string of the molecule is Nc1ccc(Cl)cc1C(=O)NCC1Cc2ccccc21. The quantitative estimate of drug-likeness (QED) is 0.852. The highest BCUT2D eigenvalue weighted by atomic mass is 35.5. The number of carbonyl (C=O) groups is 1. The van der Waals surface area contributed by atoms with Gasteiger partial charge in [0.05, 0.1) is 5.56 Å². The third kappa shape index (κ3) is 2.37. The Labute approximate surface area is 122 Å². The first kappa shape index (κ1) is 13.0. The molecule has 2 aromatic carbocycles. The van der Waals surface area contributed by atoms with Gasteiger partial charge in [0.2, 0.25) is 0 Å². The molecule has 0 spiro atoms. The number of halogens is 1. The number of benzene rings is 2. The third-order valence-corrected chi connectivity index (χ3v) is 3.97. The molecule has 4 heteroatoms. The predicted molar refractivity (Wildman–Crippen MR) is 81.1 cm³/mol. The smallest absolute Gasteiger partial charge is 0.253 e. The van der Waals surface area contributed by atoms with Gasteiger partial charge in [-0.3, -0.25) is 4.79 Å². The standard InChI is InChI=1S/C16H15ClN2O/c17-12-5-6-15(18)14(8-12)16(20)19-9-11-7-10-3-1-2-4-13(10)11/h1-6,8,11H,7,9,18H2,(H,19,20). The van der Waals surface area contributed by atoms with Crippen molar-refractivity contribution in [2.75, 3.05) is 12.3 Å². The van der Waals surface area contributed by atoms with Gasteiger partial charge in [0.25, 0.3) is 5.91 Å². The van der Waals surface area contributed by atoms with E-state index in [0.717, 1.165) is 6.42 Å². The van der Waals surface area contributed by atoms with Crippen molar-refractivity contribution in [1.82, 2.24) is 5.32 Å². The summed E-state index contributed by atoms with van der Waals surface area (Å²) in [5.74, 6) is 0.227. The Morgan fingerprint density at radius 1 is 1.30 bits per heavy atom. The molecule has 102 valence electrons. The highest BCUT2D eigenvalue weighted by molar-refractivity contribution is 6.31. The minimum absolute atomic E-state index is 0.172. The number of anilines is 1. The number of nitrogens with one attached hydrogen (secondary N) is 1. The van der Waals surface area contributed by atoms with Crippen LogP contribution < -0.4 is 11.1 Å². The maximum atomic E-state index is 12.1. The zero-order valence-corrected chi connectivity index (χ0v) is 11.7. The molecule has 1 amide bonds. The monoisotopic (exact) mass is 286 g/mol. The van der Waals surface area contributed by atoms with Crippen LogP contribution in [0, 0.1) is 0 Å². The molecule has 0 fully saturated rings. The van der Waals surface area contributed by atoms with E-state index in [1.807, 2.05) is 12.1 Å². The van der Waals surface area contributed by atoms with Crippen molar-refractivity contribution in [1.29, 1.82) is 0 Å². The van der Waals surface area contributed by atoms with Crippen LogP contribution >= 0.6 is 11.6 Å². The normalized spacial score (nSPS) is 16.1. The average molecular weight is 287 g/mol. The zero-order chi connectivity index (χ0) is 14.1. The second kappa shape index (κ2) is 5.17. The van der Waals surface area contributed by atoms with Crippen molar-refractivity contribution < 1.29 is 4.79 Å². The van der Waals surface area contributed by atoms with E-state index in [2.05, 4.69) is 17.4 Å². The molecule has 0 saturated carbocycles. The first-order chi connectivity index (χ1) is 9.65. The molecular formula is C16H15ClN2O. The Balaban J connectivity index is 1.65. The molecule has 2 aromatic rings. The van der Waals surface area contributed by atoms with Gasteiger partial charge in [-0.1, -0.05) is 35.9 Å². The third-order valence-electron chi connectivity index (χ3n) is 3.73. The summed E-state index contributed by atoms with van der Waals surface area (Å²) in [6.45, 7) is 0.627.